The maximum atomic E-state index is 11.7. The van der Waals surface area contributed by atoms with Gasteiger partial charge in [0.1, 0.15) is 0 Å². The van der Waals surface area contributed by atoms with E-state index in [9.17, 15) is 4.79 Å². The topological polar surface area (TPSA) is 68.0 Å². The third kappa shape index (κ3) is 3.54. The molecule has 22 heavy (non-hydrogen) atoms. The number of amides is 1. The minimum absolute atomic E-state index is 0.0169. The number of nitrogens with two attached hydrogens (primary N) is 1. The van der Waals surface area contributed by atoms with E-state index in [2.05, 4.69) is 28.5 Å². The number of nitrogens with zero attached hydrogens (tertiary/aromatic N) is 1. The predicted octanol–water partition coefficient (Wildman–Crippen LogP) is 3.37. The second-order valence-corrected chi connectivity index (χ2v) is 6.53. The molecule has 5 heteroatoms. The van der Waals surface area contributed by atoms with Crippen LogP contribution in [0.25, 0.3) is 11.3 Å². The lowest BCUT2D eigenvalue weighted by molar-refractivity contribution is -0.116. The Morgan fingerprint density at radius 3 is 2.91 bits per heavy atom. The minimum Gasteiger partial charge on any atom is -0.330 e. The van der Waals surface area contributed by atoms with Crippen LogP contribution in [0.1, 0.15) is 36.8 Å². The zero-order valence-corrected chi connectivity index (χ0v) is 13.4. The molecule has 0 atom stereocenters. The van der Waals surface area contributed by atoms with E-state index in [0.29, 0.717) is 24.5 Å². The highest BCUT2D eigenvalue weighted by Gasteiger charge is 2.12. The van der Waals surface area contributed by atoms with Gasteiger partial charge in [-0.05, 0) is 55.8 Å². The van der Waals surface area contributed by atoms with Gasteiger partial charge < -0.3 is 11.1 Å². The van der Waals surface area contributed by atoms with E-state index in [1.54, 1.807) is 0 Å². The lowest BCUT2D eigenvalue weighted by atomic mass is 9.90. The van der Waals surface area contributed by atoms with Crippen LogP contribution >= 0.6 is 11.3 Å². The molecule has 0 spiro atoms. The lowest BCUT2D eigenvalue weighted by Crippen LogP contribution is -2.13. The molecule has 3 N–H and O–H groups in total. The fraction of sp³-hybridized carbons (Fsp3) is 0.412. The first-order valence-corrected chi connectivity index (χ1v) is 8.72. The summed E-state index contributed by atoms with van der Waals surface area (Å²) in [6.45, 7) is 0.533. The number of carbonyl (C=O) groups is 1. The summed E-state index contributed by atoms with van der Waals surface area (Å²) in [6.07, 6.45) is 6.07. The molecule has 1 aromatic heterocycles. The highest BCUT2D eigenvalue weighted by Crippen LogP contribution is 2.29. The number of thiazole rings is 1. The largest absolute Gasteiger partial charge is 0.330 e. The van der Waals surface area contributed by atoms with Gasteiger partial charge in [0, 0.05) is 17.4 Å². The maximum Gasteiger partial charge on any atom is 0.226 e. The Bertz CT molecular complexity index is 666. The van der Waals surface area contributed by atoms with E-state index in [4.69, 9.17) is 5.73 Å². The van der Waals surface area contributed by atoms with Gasteiger partial charge in [0.25, 0.3) is 0 Å². The first-order chi connectivity index (χ1) is 10.8. The van der Waals surface area contributed by atoms with Gasteiger partial charge in [-0.1, -0.05) is 12.1 Å². The molecule has 0 bridgehead atoms. The summed E-state index contributed by atoms with van der Waals surface area (Å²) in [6, 6.07) is 6.62. The number of carbonyl (C=O) groups excluding carboxylic acids is 1. The van der Waals surface area contributed by atoms with Gasteiger partial charge in [-0.15, -0.1) is 11.3 Å². The number of fused-ring (bicyclic) bond motifs is 1. The summed E-state index contributed by atoms with van der Waals surface area (Å²) in [5.41, 5.74) is 10.4. The van der Waals surface area contributed by atoms with Gasteiger partial charge in [-0.25, -0.2) is 4.98 Å². The molecular weight excluding hydrogens is 294 g/mol. The van der Waals surface area contributed by atoms with Gasteiger partial charge in [0.2, 0.25) is 5.91 Å². The molecule has 1 aromatic carbocycles. The van der Waals surface area contributed by atoms with Crippen LogP contribution < -0.4 is 11.1 Å². The van der Waals surface area contributed by atoms with Gasteiger partial charge in [-0.3, -0.25) is 4.79 Å². The molecule has 0 unspecified atom stereocenters. The molecule has 116 valence electrons. The van der Waals surface area contributed by atoms with Crippen molar-refractivity contribution in [1.82, 2.24) is 4.98 Å². The summed E-state index contributed by atoms with van der Waals surface area (Å²) < 4.78 is 0. The average Bonchev–Trinajstić information content (AvgIpc) is 3.01. The van der Waals surface area contributed by atoms with Crippen molar-refractivity contribution in [3.05, 3.63) is 34.7 Å². The van der Waals surface area contributed by atoms with E-state index in [1.807, 2.05) is 5.38 Å². The molecular formula is C17H21N3OS. The molecule has 0 radical (unpaired) electrons. The maximum absolute atomic E-state index is 11.7. The smallest absolute Gasteiger partial charge is 0.226 e. The van der Waals surface area contributed by atoms with Crippen molar-refractivity contribution in [2.45, 2.75) is 38.5 Å². The molecule has 1 amide bonds. The summed E-state index contributed by atoms with van der Waals surface area (Å²) in [4.78, 5) is 16.2. The number of hydrogen-bond donors (Lipinski definition) is 2. The van der Waals surface area contributed by atoms with Gasteiger partial charge in [-0.2, -0.15) is 0 Å². The molecule has 4 nitrogen and oxygen atoms in total. The minimum atomic E-state index is -0.0169. The standard InChI is InChI=1S/C17H21N3OS/c18-9-3-6-16(21)20-17-19-15(11-22-17)14-8-7-12-4-1-2-5-13(12)10-14/h7-8,10-11H,1-6,9,18H2,(H,19,20,21). The number of anilines is 1. The Hall–Kier alpha value is -1.72. The van der Waals surface area contributed by atoms with Crippen molar-refractivity contribution in [3.8, 4) is 11.3 Å². The zero-order chi connectivity index (χ0) is 15.4. The van der Waals surface area contributed by atoms with E-state index >= 15 is 0 Å². The Labute approximate surface area is 134 Å². The van der Waals surface area contributed by atoms with Crippen LogP contribution in [0.3, 0.4) is 0 Å². The first-order valence-electron chi connectivity index (χ1n) is 7.84. The van der Waals surface area contributed by atoms with Crippen LogP contribution in [0.4, 0.5) is 5.13 Å². The van der Waals surface area contributed by atoms with Crippen molar-refractivity contribution in [2.24, 2.45) is 5.73 Å². The summed E-state index contributed by atoms with van der Waals surface area (Å²) in [5, 5.41) is 5.51. The molecule has 0 saturated heterocycles. The normalized spacial score (nSPS) is 13.7. The molecule has 1 aliphatic rings. The molecule has 0 fully saturated rings. The highest BCUT2D eigenvalue weighted by molar-refractivity contribution is 7.14. The predicted molar refractivity (Wildman–Crippen MR) is 91.1 cm³/mol. The van der Waals surface area contributed by atoms with E-state index in [0.717, 1.165) is 17.7 Å². The first kappa shape index (κ1) is 15.2. The zero-order valence-electron chi connectivity index (χ0n) is 12.6. The Morgan fingerprint density at radius 1 is 1.27 bits per heavy atom. The van der Waals surface area contributed by atoms with E-state index < -0.39 is 0 Å². The lowest BCUT2D eigenvalue weighted by Gasteiger charge is -2.16. The van der Waals surface area contributed by atoms with Crippen LogP contribution in [0.5, 0.6) is 0 Å². The number of rotatable bonds is 5. The van der Waals surface area contributed by atoms with Crippen LogP contribution in [0.15, 0.2) is 23.6 Å². The average molecular weight is 315 g/mol. The number of aryl methyl sites for hydroxylation is 2. The molecule has 0 aliphatic heterocycles. The summed E-state index contributed by atoms with van der Waals surface area (Å²) >= 11 is 1.47. The Kier molecular flexibility index (Phi) is 4.85. The molecule has 3 rings (SSSR count). The van der Waals surface area contributed by atoms with Crippen molar-refractivity contribution in [2.75, 3.05) is 11.9 Å². The SMILES string of the molecule is NCCCC(=O)Nc1nc(-c2ccc3c(c2)CCCC3)cs1. The third-order valence-electron chi connectivity index (χ3n) is 4.00. The quantitative estimate of drug-likeness (QED) is 0.889. The van der Waals surface area contributed by atoms with Crippen LogP contribution in [0, 0.1) is 0 Å². The highest BCUT2D eigenvalue weighted by atomic mass is 32.1. The van der Waals surface area contributed by atoms with Crippen LogP contribution in [0.2, 0.25) is 0 Å². The number of hydrogen-bond acceptors (Lipinski definition) is 4. The van der Waals surface area contributed by atoms with Crippen LogP contribution in [-0.2, 0) is 17.6 Å². The van der Waals surface area contributed by atoms with Gasteiger partial charge in [0.05, 0.1) is 5.69 Å². The number of benzene rings is 1. The number of aromatic nitrogens is 1. The number of nitrogens with one attached hydrogen (secondary N) is 1. The second kappa shape index (κ2) is 7.03. The molecule has 0 saturated carbocycles. The molecule has 1 aliphatic carbocycles. The third-order valence-corrected chi connectivity index (χ3v) is 4.76. The summed E-state index contributed by atoms with van der Waals surface area (Å²) in [7, 11) is 0. The Morgan fingerprint density at radius 2 is 2.09 bits per heavy atom. The summed E-state index contributed by atoms with van der Waals surface area (Å²) in [5.74, 6) is -0.0169. The van der Waals surface area contributed by atoms with E-state index in [-0.39, 0.29) is 5.91 Å². The fourth-order valence-electron chi connectivity index (χ4n) is 2.80. The molecule has 1 heterocycles. The van der Waals surface area contributed by atoms with Gasteiger partial charge >= 0.3 is 0 Å². The van der Waals surface area contributed by atoms with Gasteiger partial charge in [0.15, 0.2) is 5.13 Å². The van der Waals surface area contributed by atoms with E-state index in [1.165, 1.54) is 41.7 Å². The molecule has 2 aromatic rings. The Balaban J connectivity index is 1.72. The van der Waals surface area contributed by atoms with Crippen molar-refractivity contribution >= 4 is 22.4 Å². The van der Waals surface area contributed by atoms with Crippen molar-refractivity contribution in [1.29, 1.82) is 0 Å². The fourth-order valence-corrected chi connectivity index (χ4v) is 3.54. The van der Waals surface area contributed by atoms with Crippen LogP contribution in [-0.4, -0.2) is 17.4 Å². The monoisotopic (exact) mass is 315 g/mol. The van der Waals surface area contributed by atoms with Crippen molar-refractivity contribution in [3.63, 3.8) is 0 Å². The second-order valence-electron chi connectivity index (χ2n) is 5.67. The van der Waals surface area contributed by atoms with Crippen molar-refractivity contribution < 1.29 is 4.79 Å².